The van der Waals surface area contributed by atoms with Crippen LogP contribution in [0.1, 0.15) is 21.9 Å². The number of carbonyl (C=O) groups excluding carboxylic acids is 1. The van der Waals surface area contributed by atoms with Crippen LogP contribution in [-0.2, 0) is 11.3 Å². The quantitative estimate of drug-likeness (QED) is 0.733. The topological polar surface area (TPSA) is 98.1 Å². The molecule has 0 amide bonds. The maximum Gasteiger partial charge on any atom is 0.359 e. The van der Waals surface area contributed by atoms with E-state index in [1.165, 1.54) is 0 Å². The minimum atomic E-state index is -0.642. The highest BCUT2D eigenvalue weighted by Gasteiger charge is 2.16. The zero-order valence-corrected chi connectivity index (χ0v) is 11.1. The summed E-state index contributed by atoms with van der Waals surface area (Å²) in [6.45, 7) is 1.72. The van der Waals surface area contributed by atoms with Gasteiger partial charge in [0.1, 0.15) is 0 Å². The van der Waals surface area contributed by atoms with Crippen molar-refractivity contribution in [2.24, 2.45) is 0 Å². The van der Waals surface area contributed by atoms with Gasteiger partial charge in [0, 0.05) is 11.5 Å². The summed E-state index contributed by atoms with van der Waals surface area (Å²) in [6, 6.07) is 8.37. The Labute approximate surface area is 118 Å². The second-order valence-electron chi connectivity index (χ2n) is 4.46. The number of rotatable bonds is 3. The second kappa shape index (κ2) is 5.20. The van der Waals surface area contributed by atoms with E-state index < -0.39 is 5.97 Å². The molecule has 7 nitrogen and oxygen atoms in total. The van der Waals surface area contributed by atoms with Crippen LogP contribution >= 0.6 is 0 Å². The highest BCUT2D eigenvalue weighted by atomic mass is 16.5. The van der Waals surface area contributed by atoms with Crippen LogP contribution in [0.2, 0.25) is 0 Å². The lowest BCUT2D eigenvalue weighted by Crippen LogP contribution is -2.15. The van der Waals surface area contributed by atoms with Gasteiger partial charge in [0.2, 0.25) is 0 Å². The van der Waals surface area contributed by atoms with E-state index in [0.717, 1.165) is 0 Å². The molecule has 0 aliphatic carbocycles. The van der Waals surface area contributed by atoms with Gasteiger partial charge in [-0.05, 0) is 13.0 Å². The molecular weight excluding hydrogens is 274 g/mol. The first kappa shape index (κ1) is 13.0. The number of H-pyrrole nitrogens is 1. The van der Waals surface area contributed by atoms with Crippen molar-refractivity contribution in [3.05, 3.63) is 57.8 Å². The van der Waals surface area contributed by atoms with Crippen molar-refractivity contribution >= 4 is 16.7 Å². The zero-order valence-electron chi connectivity index (χ0n) is 11.1. The van der Waals surface area contributed by atoms with E-state index in [2.05, 4.69) is 15.4 Å². The molecule has 3 rings (SSSR count). The standard InChI is InChI=1S/C14H11N3O4/c1-8-6-9(21-17-8)7-20-14(19)12-10-4-2-3-5-11(10)13(18)16-15-12/h2-6H,7H2,1H3,(H,16,18). The van der Waals surface area contributed by atoms with Crippen molar-refractivity contribution in [1.29, 1.82) is 0 Å². The van der Waals surface area contributed by atoms with Crippen molar-refractivity contribution in [2.45, 2.75) is 13.5 Å². The molecule has 2 aromatic heterocycles. The maximum absolute atomic E-state index is 12.1. The van der Waals surface area contributed by atoms with Gasteiger partial charge in [0.05, 0.1) is 11.1 Å². The fourth-order valence-corrected chi connectivity index (χ4v) is 1.96. The van der Waals surface area contributed by atoms with Crippen molar-refractivity contribution < 1.29 is 14.1 Å². The maximum atomic E-state index is 12.1. The number of hydrogen-bond donors (Lipinski definition) is 1. The molecule has 0 spiro atoms. The molecule has 0 saturated heterocycles. The lowest BCUT2D eigenvalue weighted by atomic mass is 10.1. The highest BCUT2D eigenvalue weighted by molar-refractivity contribution is 6.01. The Morgan fingerprint density at radius 1 is 1.33 bits per heavy atom. The van der Waals surface area contributed by atoms with Gasteiger partial charge in [-0.15, -0.1) is 0 Å². The van der Waals surface area contributed by atoms with E-state index in [9.17, 15) is 9.59 Å². The summed E-state index contributed by atoms with van der Waals surface area (Å²) in [5.74, 6) is -0.203. The van der Waals surface area contributed by atoms with Gasteiger partial charge in [-0.1, -0.05) is 23.4 Å². The lowest BCUT2D eigenvalue weighted by Gasteiger charge is -2.04. The number of ether oxygens (including phenoxy) is 1. The highest BCUT2D eigenvalue weighted by Crippen LogP contribution is 2.14. The van der Waals surface area contributed by atoms with Crippen LogP contribution in [0.25, 0.3) is 10.8 Å². The van der Waals surface area contributed by atoms with E-state index >= 15 is 0 Å². The van der Waals surface area contributed by atoms with Gasteiger partial charge >= 0.3 is 5.97 Å². The van der Waals surface area contributed by atoms with Gasteiger partial charge in [-0.3, -0.25) is 4.79 Å². The fourth-order valence-electron chi connectivity index (χ4n) is 1.96. The Balaban J connectivity index is 1.88. The van der Waals surface area contributed by atoms with Crippen molar-refractivity contribution in [1.82, 2.24) is 15.4 Å². The minimum Gasteiger partial charge on any atom is -0.453 e. The van der Waals surface area contributed by atoms with E-state index in [1.54, 1.807) is 37.3 Å². The lowest BCUT2D eigenvalue weighted by molar-refractivity contribution is 0.0431. The number of nitrogens with zero attached hydrogens (tertiary/aromatic N) is 2. The first-order chi connectivity index (χ1) is 10.1. The minimum absolute atomic E-state index is 0.0468. The van der Waals surface area contributed by atoms with E-state index in [0.29, 0.717) is 22.2 Å². The van der Waals surface area contributed by atoms with Crippen LogP contribution in [0, 0.1) is 6.92 Å². The van der Waals surface area contributed by atoms with Crippen LogP contribution in [0.15, 0.2) is 39.6 Å². The average molecular weight is 285 g/mol. The van der Waals surface area contributed by atoms with Crippen molar-refractivity contribution in [3.8, 4) is 0 Å². The van der Waals surface area contributed by atoms with E-state index in [4.69, 9.17) is 9.26 Å². The normalized spacial score (nSPS) is 10.7. The monoisotopic (exact) mass is 285 g/mol. The summed E-state index contributed by atoms with van der Waals surface area (Å²) >= 11 is 0. The number of esters is 1. The summed E-state index contributed by atoms with van der Waals surface area (Å²) in [5.41, 5.74) is 0.406. The molecular formula is C14H11N3O4. The number of aromatic nitrogens is 3. The number of aryl methyl sites for hydroxylation is 1. The third-order valence-electron chi connectivity index (χ3n) is 2.91. The molecule has 7 heteroatoms. The predicted molar refractivity (Wildman–Crippen MR) is 72.7 cm³/mol. The summed E-state index contributed by atoms with van der Waals surface area (Å²) in [4.78, 5) is 23.7. The Bertz CT molecular complexity index is 866. The van der Waals surface area contributed by atoms with Crippen molar-refractivity contribution in [3.63, 3.8) is 0 Å². The first-order valence-corrected chi connectivity index (χ1v) is 6.22. The molecule has 2 heterocycles. The number of nitrogens with one attached hydrogen (secondary N) is 1. The number of benzene rings is 1. The summed E-state index contributed by atoms with van der Waals surface area (Å²) in [7, 11) is 0. The van der Waals surface area contributed by atoms with Gasteiger partial charge in [0.25, 0.3) is 5.56 Å². The number of hydrogen-bond acceptors (Lipinski definition) is 6. The van der Waals surface area contributed by atoms with Gasteiger partial charge in [0.15, 0.2) is 18.1 Å². The number of carbonyl (C=O) groups is 1. The summed E-state index contributed by atoms with van der Waals surface area (Å²) in [5, 5.41) is 10.6. The SMILES string of the molecule is Cc1cc(COC(=O)c2n[nH]c(=O)c3ccccc23)on1. The Hall–Kier alpha value is -2.96. The molecule has 0 bridgehead atoms. The predicted octanol–water partition coefficient (Wildman–Crippen LogP) is 1.58. The van der Waals surface area contributed by atoms with Crippen molar-refractivity contribution in [2.75, 3.05) is 0 Å². The largest absolute Gasteiger partial charge is 0.453 e. The average Bonchev–Trinajstić information content (AvgIpc) is 2.91. The summed E-state index contributed by atoms with van der Waals surface area (Å²) in [6.07, 6.45) is 0. The van der Waals surface area contributed by atoms with Gasteiger partial charge in [-0.25, -0.2) is 9.89 Å². The third kappa shape index (κ3) is 2.53. The van der Waals surface area contributed by atoms with Gasteiger partial charge in [-0.2, -0.15) is 5.10 Å². The third-order valence-corrected chi connectivity index (χ3v) is 2.91. The molecule has 0 radical (unpaired) electrons. The Morgan fingerprint density at radius 3 is 2.81 bits per heavy atom. The molecule has 21 heavy (non-hydrogen) atoms. The summed E-state index contributed by atoms with van der Waals surface area (Å²) < 4.78 is 10.1. The molecule has 106 valence electrons. The molecule has 3 aromatic rings. The number of fused-ring (bicyclic) bond motifs is 1. The molecule has 0 saturated carbocycles. The molecule has 0 atom stereocenters. The van der Waals surface area contributed by atoms with Crippen LogP contribution < -0.4 is 5.56 Å². The zero-order chi connectivity index (χ0) is 14.8. The van der Waals surface area contributed by atoms with E-state index in [1.807, 2.05) is 0 Å². The first-order valence-electron chi connectivity index (χ1n) is 6.22. The number of aromatic amines is 1. The molecule has 0 fully saturated rings. The molecule has 0 unspecified atom stereocenters. The second-order valence-corrected chi connectivity index (χ2v) is 4.46. The molecule has 1 N–H and O–H groups in total. The van der Waals surface area contributed by atoms with E-state index in [-0.39, 0.29) is 17.9 Å². The Kier molecular flexibility index (Phi) is 3.23. The smallest absolute Gasteiger partial charge is 0.359 e. The van der Waals surface area contributed by atoms with Crippen LogP contribution in [0.5, 0.6) is 0 Å². The molecule has 0 aliphatic rings. The fraction of sp³-hybridized carbons (Fsp3) is 0.143. The van der Waals surface area contributed by atoms with Crippen LogP contribution in [0.3, 0.4) is 0 Å². The van der Waals surface area contributed by atoms with Crippen LogP contribution in [0.4, 0.5) is 0 Å². The Morgan fingerprint density at radius 2 is 2.10 bits per heavy atom. The molecule has 0 aliphatic heterocycles. The van der Waals surface area contributed by atoms with Gasteiger partial charge < -0.3 is 9.26 Å². The van der Waals surface area contributed by atoms with Crippen LogP contribution in [-0.4, -0.2) is 21.3 Å². The molecule has 1 aromatic carbocycles.